The van der Waals surface area contributed by atoms with Gasteiger partial charge >= 0.3 is 5.97 Å². The summed E-state index contributed by atoms with van der Waals surface area (Å²) in [4.78, 5) is 16.2. The first-order valence-corrected chi connectivity index (χ1v) is 7.41. The molecular formula is C11H17NO2S2. The van der Waals surface area contributed by atoms with Gasteiger partial charge in [-0.15, -0.1) is 11.3 Å². The van der Waals surface area contributed by atoms with Gasteiger partial charge in [-0.2, -0.15) is 11.8 Å². The number of carbonyl (C=O) groups is 1. The van der Waals surface area contributed by atoms with E-state index in [-0.39, 0.29) is 6.42 Å². The topological polar surface area (TPSA) is 50.2 Å². The first kappa shape index (κ1) is 13.5. The fourth-order valence-electron chi connectivity index (χ4n) is 1.38. The molecule has 0 aliphatic carbocycles. The molecule has 1 N–H and O–H groups in total. The van der Waals surface area contributed by atoms with Crippen molar-refractivity contribution < 1.29 is 9.90 Å². The molecule has 90 valence electrons. The van der Waals surface area contributed by atoms with Crippen molar-refractivity contribution in [2.75, 3.05) is 5.75 Å². The molecule has 0 radical (unpaired) electrons. The van der Waals surface area contributed by atoms with Crippen LogP contribution in [0.1, 0.15) is 35.8 Å². The molecule has 0 saturated heterocycles. The van der Waals surface area contributed by atoms with Crippen LogP contribution in [0.25, 0.3) is 0 Å². The van der Waals surface area contributed by atoms with E-state index in [1.165, 1.54) is 0 Å². The van der Waals surface area contributed by atoms with Gasteiger partial charge in [0, 0.05) is 10.6 Å². The Morgan fingerprint density at radius 2 is 2.25 bits per heavy atom. The van der Waals surface area contributed by atoms with E-state index >= 15 is 0 Å². The third-order valence-corrected chi connectivity index (χ3v) is 4.38. The minimum absolute atomic E-state index is 0.204. The largest absolute Gasteiger partial charge is 0.481 e. The highest BCUT2D eigenvalue weighted by molar-refractivity contribution is 7.98. The molecule has 0 fully saturated rings. The summed E-state index contributed by atoms with van der Waals surface area (Å²) in [5, 5.41) is 9.80. The van der Waals surface area contributed by atoms with Crippen molar-refractivity contribution in [3.05, 3.63) is 15.6 Å². The number of hydrogen-bond acceptors (Lipinski definition) is 4. The Morgan fingerprint density at radius 3 is 2.81 bits per heavy atom. The highest BCUT2D eigenvalue weighted by atomic mass is 32.2. The van der Waals surface area contributed by atoms with Crippen LogP contribution in [-0.4, -0.2) is 21.8 Å². The van der Waals surface area contributed by atoms with Crippen LogP contribution in [0, 0.1) is 0 Å². The zero-order chi connectivity index (χ0) is 12.0. The van der Waals surface area contributed by atoms with E-state index in [4.69, 9.17) is 5.11 Å². The maximum Gasteiger partial charge on any atom is 0.303 e. The average molecular weight is 259 g/mol. The van der Waals surface area contributed by atoms with Crippen LogP contribution >= 0.6 is 23.1 Å². The molecule has 0 bridgehead atoms. The van der Waals surface area contributed by atoms with Crippen LogP contribution in [0.4, 0.5) is 0 Å². The Morgan fingerprint density at radius 1 is 1.50 bits per heavy atom. The number of aromatic nitrogens is 1. The van der Waals surface area contributed by atoms with Gasteiger partial charge in [0.2, 0.25) is 0 Å². The lowest BCUT2D eigenvalue weighted by Crippen LogP contribution is -1.98. The van der Waals surface area contributed by atoms with Crippen LogP contribution in [0.3, 0.4) is 0 Å². The molecule has 0 unspecified atom stereocenters. The molecule has 1 heterocycles. The second-order valence-corrected chi connectivity index (χ2v) is 5.80. The number of rotatable bonds is 7. The number of thiazole rings is 1. The summed E-state index contributed by atoms with van der Waals surface area (Å²) in [7, 11) is 0. The number of aryl methyl sites for hydroxylation is 2. The molecule has 0 aromatic carbocycles. The molecule has 0 atom stereocenters. The van der Waals surface area contributed by atoms with Crippen molar-refractivity contribution >= 4 is 29.1 Å². The van der Waals surface area contributed by atoms with E-state index in [2.05, 4.69) is 18.8 Å². The molecule has 0 amide bonds. The molecule has 0 spiro atoms. The predicted octanol–water partition coefficient (Wildman–Crippen LogP) is 2.98. The molecule has 0 saturated carbocycles. The fourth-order valence-corrected chi connectivity index (χ4v) is 3.26. The number of hydrogen-bond donors (Lipinski definition) is 1. The van der Waals surface area contributed by atoms with Crippen molar-refractivity contribution in [1.29, 1.82) is 0 Å². The van der Waals surface area contributed by atoms with Gasteiger partial charge in [-0.05, 0) is 18.6 Å². The fraction of sp³-hybridized carbons (Fsp3) is 0.636. The number of carboxylic acid groups (broad SMARTS) is 1. The lowest BCUT2D eigenvalue weighted by atomic mass is 10.2. The molecular weight excluding hydrogens is 242 g/mol. The van der Waals surface area contributed by atoms with E-state index in [9.17, 15) is 4.79 Å². The van der Waals surface area contributed by atoms with Gasteiger partial charge in [-0.1, -0.05) is 13.8 Å². The summed E-state index contributed by atoms with van der Waals surface area (Å²) in [5.74, 6) is 1.30. The van der Waals surface area contributed by atoms with Crippen molar-refractivity contribution in [2.45, 2.75) is 38.9 Å². The van der Waals surface area contributed by atoms with Crippen molar-refractivity contribution in [2.24, 2.45) is 0 Å². The van der Waals surface area contributed by atoms with Crippen molar-refractivity contribution in [3.63, 3.8) is 0 Å². The van der Waals surface area contributed by atoms with E-state index in [0.29, 0.717) is 6.42 Å². The lowest BCUT2D eigenvalue weighted by Gasteiger charge is -1.95. The summed E-state index contributed by atoms with van der Waals surface area (Å²) in [6.07, 6.45) is 1.71. The van der Waals surface area contributed by atoms with Gasteiger partial charge in [-0.25, -0.2) is 4.98 Å². The van der Waals surface area contributed by atoms with Gasteiger partial charge in [0.15, 0.2) is 0 Å². The number of nitrogens with zero attached hydrogens (tertiary/aromatic N) is 1. The molecule has 0 aliphatic heterocycles. The number of thioether (sulfide) groups is 1. The van der Waals surface area contributed by atoms with Crippen LogP contribution in [-0.2, 0) is 23.4 Å². The Labute approximate surface area is 104 Å². The van der Waals surface area contributed by atoms with Crippen molar-refractivity contribution in [1.82, 2.24) is 4.98 Å². The summed E-state index contributed by atoms with van der Waals surface area (Å²) < 4.78 is 0. The van der Waals surface area contributed by atoms with Gasteiger partial charge in [0.1, 0.15) is 5.01 Å². The van der Waals surface area contributed by atoms with E-state index in [1.54, 1.807) is 11.3 Å². The Balaban J connectivity index is 2.66. The first-order chi connectivity index (χ1) is 7.67. The van der Waals surface area contributed by atoms with Crippen LogP contribution in [0.5, 0.6) is 0 Å². The van der Waals surface area contributed by atoms with Crippen LogP contribution in [0.2, 0.25) is 0 Å². The Hall–Kier alpha value is -0.550. The van der Waals surface area contributed by atoms with Gasteiger partial charge < -0.3 is 5.11 Å². The van der Waals surface area contributed by atoms with E-state index in [0.717, 1.165) is 33.5 Å². The highest BCUT2D eigenvalue weighted by Crippen LogP contribution is 2.24. The monoisotopic (exact) mass is 259 g/mol. The van der Waals surface area contributed by atoms with Crippen LogP contribution < -0.4 is 0 Å². The molecule has 0 aliphatic rings. The lowest BCUT2D eigenvalue weighted by molar-refractivity contribution is -0.136. The first-order valence-electron chi connectivity index (χ1n) is 5.44. The Bertz CT molecular complexity index is 350. The number of carboxylic acids is 1. The summed E-state index contributed by atoms with van der Waals surface area (Å²) in [5.41, 5.74) is 1.08. The molecule has 16 heavy (non-hydrogen) atoms. The quantitative estimate of drug-likeness (QED) is 0.818. The number of aliphatic carboxylic acids is 1. The minimum atomic E-state index is -0.736. The second kappa shape index (κ2) is 6.91. The molecule has 3 nitrogen and oxygen atoms in total. The maximum atomic E-state index is 10.5. The molecule has 1 aromatic rings. The summed E-state index contributed by atoms with van der Waals surface area (Å²) in [6.45, 7) is 4.19. The van der Waals surface area contributed by atoms with E-state index < -0.39 is 5.97 Å². The van der Waals surface area contributed by atoms with E-state index in [1.807, 2.05) is 11.8 Å². The zero-order valence-electron chi connectivity index (χ0n) is 9.65. The van der Waals surface area contributed by atoms with Crippen LogP contribution in [0.15, 0.2) is 0 Å². The van der Waals surface area contributed by atoms with Gasteiger partial charge in [0.25, 0.3) is 0 Å². The summed E-state index contributed by atoms with van der Waals surface area (Å²) >= 11 is 3.52. The zero-order valence-corrected chi connectivity index (χ0v) is 11.3. The SMILES string of the molecule is CCSCc1nc(CC)c(CCC(=O)O)s1. The third-order valence-electron chi connectivity index (χ3n) is 2.15. The molecule has 5 heteroatoms. The van der Waals surface area contributed by atoms with Gasteiger partial charge in [0.05, 0.1) is 12.1 Å². The third kappa shape index (κ3) is 4.14. The predicted molar refractivity (Wildman–Crippen MR) is 69.3 cm³/mol. The smallest absolute Gasteiger partial charge is 0.303 e. The highest BCUT2D eigenvalue weighted by Gasteiger charge is 2.10. The summed E-state index contributed by atoms with van der Waals surface area (Å²) in [6, 6.07) is 0. The molecule has 1 rings (SSSR count). The normalized spacial score (nSPS) is 10.6. The standard InChI is InChI=1S/C11H17NO2S2/c1-3-8-9(5-6-11(13)14)16-10(12-8)7-15-4-2/h3-7H2,1-2H3,(H,13,14). The minimum Gasteiger partial charge on any atom is -0.481 e. The molecule has 1 aromatic heterocycles. The second-order valence-electron chi connectivity index (χ2n) is 3.36. The Kier molecular flexibility index (Phi) is 5.84. The maximum absolute atomic E-state index is 10.5. The van der Waals surface area contributed by atoms with Crippen molar-refractivity contribution in [3.8, 4) is 0 Å². The van der Waals surface area contributed by atoms with Gasteiger partial charge in [-0.3, -0.25) is 4.79 Å². The average Bonchev–Trinajstić information content (AvgIpc) is 2.66.